The van der Waals surface area contributed by atoms with Crippen molar-refractivity contribution in [1.82, 2.24) is 5.32 Å². The Morgan fingerprint density at radius 1 is 1.32 bits per heavy atom. The number of aliphatic carboxylic acids is 1. The molecular formula is C16H29NO5. The van der Waals surface area contributed by atoms with Crippen LogP contribution >= 0.6 is 0 Å². The molecule has 0 bridgehead atoms. The van der Waals surface area contributed by atoms with Gasteiger partial charge in [-0.05, 0) is 58.8 Å². The Labute approximate surface area is 132 Å². The van der Waals surface area contributed by atoms with E-state index in [9.17, 15) is 19.8 Å². The van der Waals surface area contributed by atoms with Gasteiger partial charge in [0, 0.05) is 12.6 Å². The van der Waals surface area contributed by atoms with Crippen molar-refractivity contribution >= 4 is 12.1 Å². The van der Waals surface area contributed by atoms with E-state index in [0.29, 0.717) is 12.8 Å². The summed E-state index contributed by atoms with van der Waals surface area (Å²) in [5.74, 6) is -1.60. The van der Waals surface area contributed by atoms with E-state index in [1.54, 1.807) is 27.7 Å². The van der Waals surface area contributed by atoms with Crippen molar-refractivity contribution in [2.24, 2.45) is 11.3 Å². The van der Waals surface area contributed by atoms with Gasteiger partial charge in [0.2, 0.25) is 0 Å². The molecule has 1 rings (SSSR count). The average molecular weight is 315 g/mol. The average Bonchev–Trinajstić information content (AvgIpc) is 2.28. The van der Waals surface area contributed by atoms with E-state index < -0.39 is 29.6 Å². The summed E-state index contributed by atoms with van der Waals surface area (Å²) in [4.78, 5) is 23.4. The number of carbonyl (C=O) groups excluding carboxylic acids is 1. The van der Waals surface area contributed by atoms with E-state index in [4.69, 9.17) is 4.74 Å². The molecule has 1 saturated carbocycles. The smallest absolute Gasteiger partial charge is 0.407 e. The maximum atomic E-state index is 11.8. The number of aliphatic hydroxyl groups is 1. The minimum Gasteiger partial charge on any atom is -0.481 e. The van der Waals surface area contributed by atoms with Crippen LogP contribution in [0.15, 0.2) is 0 Å². The van der Waals surface area contributed by atoms with E-state index in [0.717, 1.165) is 19.3 Å². The predicted molar refractivity (Wildman–Crippen MR) is 82.6 cm³/mol. The number of carbonyl (C=O) groups is 2. The quantitative estimate of drug-likeness (QED) is 0.671. The SMILES string of the molecule is C[C@@H](NC(=O)OC(C)(C)C)C(CC1(CCO)CCC1)C(=O)O. The zero-order valence-electron chi connectivity index (χ0n) is 14.0. The molecule has 1 unspecified atom stereocenters. The van der Waals surface area contributed by atoms with Crippen LogP contribution in [-0.2, 0) is 9.53 Å². The molecule has 6 heteroatoms. The summed E-state index contributed by atoms with van der Waals surface area (Å²) in [5.41, 5.74) is -0.712. The van der Waals surface area contributed by atoms with E-state index in [1.165, 1.54) is 0 Å². The summed E-state index contributed by atoms with van der Waals surface area (Å²) in [6.07, 6.45) is 3.44. The van der Waals surface area contributed by atoms with Gasteiger partial charge in [0.05, 0.1) is 5.92 Å². The maximum absolute atomic E-state index is 11.8. The van der Waals surface area contributed by atoms with Crippen LogP contribution in [0.2, 0.25) is 0 Å². The van der Waals surface area contributed by atoms with E-state index in [-0.39, 0.29) is 12.0 Å². The summed E-state index contributed by atoms with van der Waals surface area (Å²) in [6, 6.07) is -0.525. The zero-order valence-corrected chi connectivity index (χ0v) is 14.0. The number of ether oxygens (including phenoxy) is 1. The minimum absolute atomic E-state index is 0.0697. The molecule has 0 radical (unpaired) electrons. The fourth-order valence-electron chi connectivity index (χ4n) is 3.01. The number of rotatable bonds is 7. The van der Waals surface area contributed by atoms with Gasteiger partial charge in [-0.1, -0.05) is 6.42 Å². The monoisotopic (exact) mass is 315 g/mol. The molecule has 22 heavy (non-hydrogen) atoms. The Bertz CT molecular complexity index is 398. The normalized spacial score (nSPS) is 19.7. The van der Waals surface area contributed by atoms with Crippen LogP contribution in [0.25, 0.3) is 0 Å². The summed E-state index contributed by atoms with van der Waals surface area (Å²) in [5, 5.41) is 21.3. The molecule has 2 atom stereocenters. The van der Waals surface area contributed by atoms with Gasteiger partial charge >= 0.3 is 12.1 Å². The lowest BCUT2D eigenvalue weighted by molar-refractivity contribution is -0.145. The third-order valence-electron chi connectivity index (χ3n) is 4.37. The highest BCUT2D eigenvalue weighted by atomic mass is 16.6. The third kappa shape index (κ3) is 5.48. The number of alkyl carbamates (subject to hydrolysis) is 1. The van der Waals surface area contributed by atoms with Crippen molar-refractivity contribution < 1.29 is 24.5 Å². The van der Waals surface area contributed by atoms with Crippen molar-refractivity contribution in [3.05, 3.63) is 0 Å². The number of nitrogens with one attached hydrogen (secondary N) is 1. The van der Waals surface area contributed by atoms with Gasteiger partial charge < -0.3 is 20.3 Å². The zero-order chi connectivity index (χ0) is 17.0. The molecule has 1 aliphatic carbocycles. The van der Waals surface area contributed by atoms with Crippen molar-refractivity contribution in [2.45, 2.75) is 71.4 Å². The molecule has 1 amide bonds. The molecule has 128 valence electrons. The number of amides is 1. The second-order valence-corrected chi connectivity index (χ2v) is 7.41. The largest absolute Gasteiger partial charge is 0.481 e. The molecule has 0 aromatic carbocycles. The van der Waals surface area contributed by atoms with Crippen molar-refractivity contribution in [3.63, 3.8) is 0 Å². The lowest BCUT2D eigenvalue weighted by Crippen LogP contribution is -2.46. The second-order valence-electron chi connectivity index (χ2n) is 7.41. The molecule has 0 aliphatic heterocycles. The lowest BCUT2D eigenvalue weighted by Gasteiger charge is -2.44. The highest BCUT2D eigenvalue weighted by molar-refractivity contribution is 5.73. The lowest BCUT2D eigenvalue weighted by atomic mass is 9.62. The standard InChI is InChI=1S/C16H29NO5/c1-11(17-14(21)22-15(2,3)4)12(13(19)20)10-16(8-9-18)6-5-7-16/h11-12,18H,5-10H2,1-4H3,(H,17,21)(H,19,20)/t11-,12?/m1/s1. The fourth-order valence-corrected chi connectivity index (χ4v) is 3.01. The van der Waals surface area contributed by atoms with Gasteiger partial charge in [-0.15, -0.1) is 0 Å². The molecule has 3 N–H and O–H groups in total. The molecule has 1 fully saturated rings. The highest BCUT2D eigenvalue weighted by Crippen LogP contribution is 2.49. The van der Waals surface area contributed by atoms with E-state index in [2.05, 4.69) is 5.32 Å². The van der Waals surface area contributed by atoms with Gasteiger partial charge in [-0.2, -0.15) is 0 Å². The molecular weight excluding hydrogens is 286 g/mol. The fraction of sp³-hybridized carbons (Fsp3) is 0.875. The highest BCUT2D eigenvalue weighted by Gasteiger charge is 2.42. The van der Waals surface area contributed by atoms with Crippen LogP contribution in [0.1, 0.15) is 59.8 Å². The first-order valence-corrected chi connectivity index (χ1v) is 7.92. The maximum Gasteiger partial charge on any atom is 0.407 e. The molecule has 0 aromatic heterocycles. The number of aliphatic hydroxyl groups excluding tert-OH is 1. The van der Waals surface area contributed by atoms with E-state index >= 15 is 0 Å². The van der Waals surface area contributed by atoms with Crippen LogP contribution < -0.4 is 5.32 Å². The van der Waals surface area contributed by atoms with Crippen molar-refractivity contribution in [2.75, 3.05) is 6.61 Å². The molecule has 1 aliphatic rings. The van der Waals surface area contributed by atoms with E-state index in [1.807, 2.05) is 0 Å². The van der Waals surface area contributed by atoms with Crippen molar-refractivity contribution in [1.29, 1.82) is 0 Å². The van der Waals surface area contributed by atoms with Gasteiger partial charge in [-0.25, -0.2) is 4.79 Å². The van der Waals surface area contributed by atoms with Crippen LogP contribution in [0.4, 0.5) is 4.79 Å². The molecule has 0 heterocycles. The first-order chi connectivity index (χ1) is 10.1. The van der Waals surface area contributed by atoms with Crippen LogP contribution in [0, 0.1) is 11.3 Å². The number of carboxylic acids is 1. The summed E-state index contributed by atoms with van der Waals surface area (Å²) in [7, 11) is 0. The van der Waals surface area contributed by atoms with Gasteiger partial charge in [0.25, 0.3) is 0 Å². The summed E-state index contributed by atoms with van der Waals surface area (Å²) < 4.78 is 5.17. The topological polar surface area (TPSA) is 95.9 Å². The summed E-state index contributed by atoms with van der Waals surface area (Å²) >= 11 is 0. The second kappa shape index (κ2) is 7.31. The van der Waals surface area contributed by atoms with Crippen LogP contribution in [-0.4, -0.2) is 40.5 Å². The number of hydrogen-bond donors (Lipinski definition) is 3. The Kier molecular flexibility index (Phi) is 6.23. The number of hydrogen-bond acceptors (Lipinski definition) is 4. The van der Waals surface area contributed by atoms with Gasteiger partial charge in [0.15, 0.2) is 0 Å². The Balaban J connectivity index is 2.66. The Morgan fingerprint density at radius 3 is 2.27 bits per heavy atom. The van der Waals surface area contributed by atoms with Gasteiger partial charge in [-0.3, -0.25) is 4.79 Å². The van der Waals surface area contributed by atoms with Gasteiger partial charge in [0.1, 0.15) is 5.60 Å². The Hall–Kier alpha value is -1.30. The minimum atomic E-state index is -0.923. The van der Waals surface area contributed by atoms with Crippen molar-refractivity contribution in [3.8, 4) is 0 Å². The first-order valence-electron chi connectivity index (χ1n) is 7.92. The number of carboxylic acid groups (broad SMARTS) is 1. The van der Waals surface area contributed by atoms with Crippen LogP contribution in [0.5, 0.6) is 0 Å². The first kappa shape index (κ1) is 18.7. The van der Waals surface area contributed by atoms with Crippen LogP contribution in [0.3, 0.4) is 0 Å². The molecule has 0 aromatic rings. The molecule has 6 nitrogen and oxygen atoms in total. The predicted octanol–water partition coefficient (Wildman–Crippen LogP) is 2.54. The third-order valence-corrected chi connectivity index (χ3v) is 4.37. The molecule has 0 saturated heterocycles. The Morgan fingerprint density at radius 2 is 1.91 bits per heavy atom. The molecule has 0 spiro atoms. The summed E-state index contributed by atoms with van der Waals surface area (Å²) in [6.45, 7) is 7.04.